The SMILES string of the molecule is CCC(N)(CCS(C)(=O)=O)c1ccc(F)cn1. The summed E-state index contributed by atoms with van der Waals surface area (Å²) in [6.45, 7) is 1.85. The van der Waals surface area contributed by atoms with Crippen molar-refractivity contribution in [2.24, 2.45) is 5.73 Å². The van der Waals surface area contributed by atoms with Gasteiger partial charge in [0.2, 0.25) is 0 Å². The topological polar surface area (TPSA) is 73.1 Å². The quantitative estimate of drug-likeness (QED) is 0.864. The van der Waals surface area contributed by atoms with Crippen LogP contribution in [0.5, 0.6) is 0 Å². The van der Waals surface area contributed by atoms with Gasteiger partial charge in [0.15, 0.2) is 0 Å². The van der Waals surface area contributed by atoms with Gasteiger partial charge < -0.3 is 5.73 Å². The number of rotatable bonds is 5. The molecule has 1 unspecified atom stereocenters. The van der Waals surface area contributed by atoms with E-state index >= 15 is 0 Å². The van der Waals surface area contributed by atoms with Gasteiger partial charge in [-0.2, -0.15) is 0 Å². The lowest BCUT2D eigenvalue weighted by Crippen LogP contribution is -2.38. The van der Waals surface area contributed by atoms with Crippen molar-refractivity contribution in [3.05, 3.63) is 29.8 Å². The fraction of sp³-hybridized carbons (Fsp3) is 0.545. The molecule has 0 fully saturated rings. The first-order valence-corrected chi connectivity index (χ1v) is 7.41. The summed E-state index contributed by atoms with van der Waals surface area (Å²) >= 11 is 0. The fourth-order valence-corrected chi connectivity index (χ4v) is 2.26. The van der Waals surface area contributed by atoms with E-state index < -0.39 is 21.2 Å². The van der Waals surface area contributed by atoms with Crippen molar-refractivity contribution in [2.45, 2.75) is 25.3 Å². The molecule has 96 valence electrons. The lowest BCUT2D eigenvalue weighted by Gasteiger charge is -2.27. The molecule has 0 aromatic carbocycles. The van der Waals surface area contributed by atoms with Crippen LogP contribution in [0.4, 0.5) is 4.39 Å². The predicted octanol–water partition coefficient (Wildman–Crippen LogP) is 1.22. The highest BCUT2D eigenvalue weighted by Crippen LogP contribution is 2.24. The van der Waals surface area contributed by atoms with E-state index in [1.165, 1.54) is 18.4 Å². The molecule has 0 spiro atoms. The Morgan fingerprint density at radius 2 is 2.12 bits per heavy atom. The van der Waals surface area contributed by atoms with Gasteiger partial charge in [-0.25, -0.2) is 12.8 Å². The molecular weight excluding hydrogens is 243 g/mol. The van der Waals surface area contributed by atoms with Crippen LogP contribution >= 0.6 is 0 Å². The molecule has 0 aliphatic carbocycles. The van der Waals surface area contributed by atoms with Crippen LogP contribution in [-0.4, -0.2) is 25.4 Å². The fourth-order valence-electron chi connectivity index (χ4n) is 1.52. The maximum atomic E-state index is 12.8. The van der Waals surface area contributed by atoms with E-state index in [1.54, 1.807) is 0 Å². The number of hydrogen-bond donors (Lipinski definition) is 1. The van der Waals surface area contributed by atoms with Crippen LogP contribution < -0.4 is 5.73 Å². The Balaban J connectivity index is 2.91. The van der Waals surface area contributed by atoms with Gasteiger partial charge in [-0.15, -0.1) is 0 Å². The number of pyridine rings is 1. The molecular formula is C11H17FN2O2S. The summed E-state index contributed by atoms with van der Waals surface area (Å²) in [4.78, 5) is 3.93. The first kappa shape index (κ1) is 14.1. The van der Waals surface area contributed by atoms with E-state index in [-0.39, 0.29) is 12.2 Å². The molecule has 17 heavy (non-hydrogen) atoms. The molecule has 0 bridgehead atoms. The van der Waals surface area contributed by atoms with Gasteiger partial charge in [-0.1, -0.05) is 6.92 Å². The molecule has 1 rings (SSSR count). The van der Waals surface area contributed by atoms with Crippen LogP contribution in [0.3, 0.4) is 0 Å². The highest BCUT2D eigenvalue weighted by Gasteiger charge is 2.28. The van der Waals surface area contributed by atoms with Gasteiger partial charge in [-0.3, -0.25) is 4.98 Å². The summed E-state index contributed by atoms with van der Waals surface area (Å²) in [5.41, 5.74) is 5.82. The number of aromatic nitrogens is 1. The maximum absolute atomic E-state index is 12.8. The largest absolute Gasteiger partial charge is 0.320 e. The van der Waals surface area contributed by atoms with Crippen LogP contribution in [0.25, 0.3) is 0 Å². The molecule has 0 saturated carbocycles. The van der Waals surface area contributed by atoms with Gasteiger partial charge >= 0.3 is 0 Å². The summed E-state index contributed by atoms with van der Waals surface area (Å²) in [5, 5.41) is 0. The zero-order chi connectivity index (χ0) is 13.1. The van der Waals surface area contributed by atoms with Crippen LogP contribution in [0.15, 0.2) is 18.3 Å². The zero-order valence-corrected chi connectivity index (χ0v) is 10.8. The Labute approximate surface area is 101 Å². The third-order valence-electron chi connectivity index (χ3n) is 2.79. The van der Waals surface area contributed by atoms with Gasteiger partial charge in [0.25, 0.3) is 0 Å². The Morgan fingerprint density at radius 1 is 1.47 bits per heavy atom. The molecule has 0 aliphatic rings. The third kappa shape index (κ3) is 4.05. The minimum Gasteiger partial charge on any atom is -0.320 e. The molecule has 0 radical (unpaired) electrons. The molecule has 0 saturated heterocycles. The lowest BCUT2D eigenvalue weighted by molar-refractivity contribution is 0.399. The van der Waals surface area contributed by atoms with Crippen molar-refractivity contribution in [3.63, 3.8) is 0 Å². The second-order valence-corrected chi connectivity index (χ2v) is 6.51. The normalized spacial score (nSPS) is 15.5. The van der Waals surface area contributed by atoms with Crippen molar-refractivity contribution >= 4 is 9.84 Å². The first-order valence-electron chi connectivity index (χ1n) is 5.35. The molecule has 0 aliphatic heterocycles. The lowest BCUT2D eigenvalue weighted by atomic mass is 9.90. The standard InChI is InChI=1S/C11H17FN2O2S/c1-3-11(13,6-7-17(2,15)16)10-5-4-9(12)8-14-10/h4-5,8H,3,6-7,13H2,1-2H3. The van der Waals surface area contributed by atoms with Crippen LogP contribution in [-0.2, 0) is 15.4 Å². The van der Waals surface area contributed by atoms with Crippen molar-refractivity contribution in [2.75, 3.05) is 12.0 Å². The average molecular weight is 260 g/mol. The Morgan fingerprint density at radius 3 is 2.53 bits per heavy atom. The number of sulfone groups is 1. The first-order chi connectivity index (χ1) is 7.77. The Bertz CT molecular complexity index is 473. The summed E-state index contributed by atoms with van der Waals surface area (Å²) in [7, 11) is -3.07. The average Bonchev–Trinajstić information content (AvgIpc) is 2.26. The van der Waals surface area contributed by atoms with Gasteiger partial charge in [0.05, 0.1) is 23.2 Å². The minimum atomic E-state index is -3.07. The maximum Gasteiger partial charge on any atom is 0.147 e. The number of nitrogens with two attached hydrogens (primary N) is 1. The predicted molar refractivity (Wildman–Crippen MR) is 64.7 cm³/mol. The van der Waals surface area contributed by atoms with Gasteiger partial charge in [0.1, 0.15) is 15.7 Å². The number of halogens is 1. The summed E-state index contributed by atoms with van der Waals surface area (Å²) in [5.74, 6) is -0.438. The molecule has 0 amide bonds. The van der Waals surface area contributed by atoms with E-state index in [9.17, 15) is 12.8 Å². The Hall–Kier alpha value is -1.01. The van der Waals surface area contributed by atoms with Crippen molar-refractivity contribution in [1.29, 1.82) is 0 Å². The van der Waals surface area contributed by atoms with Gasteiger partial charge in [0, 0.05) is 6.26 Å². The molecule has 4 nitrogen and oxygen atoms in total. The molecule has 1 aromatic rings. The van der Waals surface area contributed by atoms with Crippen molar-refractivity contribution in [1.82, 2.24) is 4.98 Å². The third-order valence-corrected chi connectivity index (χ3v) is 3.73. The second kappa shape index (κ2) is 5.10. The van der Waals surface area contributed by atoms with E-state index in [0.717, 1.165) is 6.20 Å². The van der Waals surface area contributed by atoms with E-state index in [1.807, 2.05) is 6.92 Å². The molecule has 2 N–H and O–H groups in total. The van der Waals surface area contributed by atoms with E-state index in [0.29, 0.717) is 12.1 Å². The van der Waals surface area contributed by atoms with Crippen LogP contribution in [0.1, 0.15) is 25.5 Å². The number of hydrogen-bond acceptors (Lipinski definition) is 4. The summed E-state index contributed by atoms with van der Waals surface area (Å²) in [6.07, 6.45) is 3.08. The highest BCUT2D eigenvalue weighted by atomic mass is 32.2. The number of nitrogens with zero attached hydrogens (tertiary/aromatic N) is 1. The van der Waals surface area contributed by atoms with E-state index in [4.69, 9.17) is 5.73 Å². The van der Waals surface area contributed by atoms with Crippen molar-refractivity contribution in [3.8, 4) is 0 Å². The van der Waals surface area contributed by atoms with Crippen LogP contribution in [0, 0.1) is 5.82 Å². The second-order valence-electron chi connectivity index (χ2n) is 4.25. The minimum absolute atomic E-state index is 0.00357. The van der Waals surface area contributed by atoms with E-state index in [2.05, 4.69) is 4.98 Å². The zero-order valence-electron chi connectivity index (χ0n) is 9.98. The summed E-state index contributed by atoms with van der Waals surface area (Å²) in [6, 6.07) is 2.78. The van der Waals surface area contributed by atoms with Gasteiger partial charge in [-0.05, 0) is 25.0 Å². The molecule has 1 heterocycles. The molecule has 6 heteroatoms. The highest BCUT2D eigenvalue weighted by molar-refractivity contribution is 7.90. The summed E-state index contributed by atoms with van der Waals surface area (Å²) < 4.78 is 35.0. The van der Waals surface area contributed by atoms with Crippen molar-refractivity contribution < 1.29 is 12.8 Å². The van der Waals surface area contributed by atoms with Crippen LogP contribution in [0.2, 0.25) is 0 Å². The molecule has 1 aromatic heterocycles. The smallest absolute Gasteiger partial charge is 0.147 e. The molecule has 1 atom stereocenters. The Kier molecular flexibility index (Phi) is 4.21. The monoisotopic (exact) mass is 260 g/mol.